The highest BCUT2D eigenvalue weighted by Crippen LogP contribution is 2.35. The molecule has 3 atom stereocenters. The highest BCUT2D eigenvalue weighted by atomic mass is 19.4. The van der Waals surface area contributed by atoms with Crippen LogP contribution in [0.3, 0.4) is 0 Å². The maximum atomic E-state index is 12.9. The number of carbonyl (C=O) groups is 1. The summed E-state index contributed by atoms with van der Waals surface area (Å²) in [4.78, 5) is 13.9. The van der Waals surface area contributed by atoms with Gasteiger partial charge in [-0.3, -0.25) is 15.4 Å². The van der Waals surface area contributed by atoms with Crippen LogP contribution in [0, 0.1) is 5.92 Å². The van der Waals surface area contributed by atoms with Crippen molar-refractivity contribution in [1.29, 1.82) is 0 Å². The van der Waals surface area contributed by atoms with Crippen LogP contribution < -0.4 is 15.5 Å². The lowest BCUT2D eigenvalue weighted by Crippen LogP contribution is -2.41. The second-order valence-corrected chi connectivity index (χ2v) is 7.33. The summed E-state index contributed by atoms with van der Waals surface area (Å²) in [5, 5.41) is 7.19. The predicted octanol–water partition coefficient (Wildman–Crippen LogP) is 2.89. The molecule has 3 aliphatic rings. The number of halogens is 3. The molecular weight excluding hydrogens is 331 g/mol. The molecule has 0 aromatic heterocycles. The van der Waals surface area contributed by atoms with Crippen LogP contribution in [-0.2, 0) is 11.0 Å². The van der Waals surface area contributed by atoms with Crippen molar-refractivity contribution in [2.45, 2.75) is 56.5 Å². The van der Waals surface area contributed by atoms with Crippen molar-refractivity contribution in [2.75, 3.05) is 11.4 Å². The fraction of sp³-hybridized carbons (Fsp3) is 0.611. The van der Waals surface area contributed by atoms with Crippen LogP contribution in [0.2, 0.25) is 0 Å². The molecule has 1 aromatic rings. The van der Waals surface area contributed by atoms with Gasteiger partial charge in [0.05, 0.1) is 11.7 Å². The molecule has 2 heterocycles. The molecule has 1 saturated carbocycles. The molecule has 0 spiro atoms. The average molecular weight is 353 g/mol. The second-order valence-electron chi connectivity index (χ2n) is 7.33. The van der Waals surface area contributed by atoms with Gasteiger partial charge in [-0.05, 0) is 31.0 Å². The number of anilines is 1. The summed E-state index contributed by atoms with van der Waals surface area (Å²) in [6, 6.07) is 5.94. The van der Waals surface area contributed by atoms with Crippen LogP contribution in [-0.4, -0.2) is 30.7 Å². The monoisotopic (exact) mass is 353 g/mol. The van der Waals surface area contributed by atoms with Gasteiger partial charge in [-0.15, -0.1) is 0 Å². The van der Waals surface area contributed by atoms with Crippen molar-refractivity contribution in [2.24, 2.45) is 5.92 Å². The molecule has 1 aromatic carbocycles. The Kier molecular flexibility index (Phi) is 4.24. The van der Waals surface area contributed by atoms with Crippen LogP contribution in [0.5, 0.6) is 0 Å². The summed E-state index contributed by atoms with van der Waals surface area (Å²) in [5.41, 5.74) is -0.387. The molecule has 2 N–H and O–H groups in total. The van der Waals surface area contributed by atoms with E-state index in [4.69, 9.17) is 0 Å². The first-order valence-corrected chi connectivity index (χ1v) is 8.91. The number of hydrogen-bond acceptors (Lipinski definition) is 3. The van der Waals surface area contributed by atoms with Crippen molar-refractivity contribution in [3.8, 4) is 0 Å². The SMILES string of the molecule is O=C1CC(C2NC3CCCCC3N2)CN1c1cccc(C(F)(F)F)c1. The van der Waals surface area contributed by atoms with E-state index in [0.717, 1.165) is 25.0 Å². The maximum absolute atomic E-state index is 12.9. The van der Waals surface area contributed by atoms with Gasteiger partial charge in [0.25, 0.3) is 0 Å². The van der Waals surface area contributed by atoms with E-state index in [1.165, 1.54) is 23.8 Å². The molecule has 1 aliphatic carbocycles. The number of fused-ring (bicyclic) bond motifs is 1. The van der Waals surface area contributed by atoms with E-state index < -0.39 is 11.7 Å². The van der Waals surface area contributed by atoms with E-state index in [2.05, 4.69) is 10.6 Å². The lowest BCUT2D eigenvalue weighted by Gasteiger charge is -2.23. The second kappa shape index (κ2) is 6.29. The summed E-state index contributed by atoms with van der Waals surface area (Å²) in [6.07, 6.45) is 0.763. The number of carbonyl (C=O) groups excluding carboxylic acids is 1. The van der Waals surface area contributed by atoms with Gasteiger partial charge in [0.1, 0.15) is 0 Å². The minimum Gasteiger partial charge on any atom is -0.312 e. The minimum absolute atomic E-state index is 0.0628. The zero-order valence-electron chi connectivity index (χ0n) is 13.9. The largest absolute Gasteiger partial charge is 0.416 e. The van der Waals surface area contributed by atoms with Gasteiger partial charge in [-0.1, -0.05) is 18.9 Å². The Balaban J connectivity index is 1.48. The van der Waals surface area contributed by atoms with Gasteiger partial charge in [-0.2, -0.15) is 13.2 Å². The van der Waals surface area contributed by atoms with Crippen LogP contribution >= 0.6 is 0 Å². The van der Waals surface area contributed by atoms with Gasteiger partial charge in [0, 0.05) is 36.7 Å². The van der Waals surface area contributed by atoms with Gasteiger partial charge in [0.2, 0.25) is 5.91 Å². The zero-order valence-corrected chi connectivity index (χ0v) is 13.9. The third-order valence-corrected chi connectivity index (χ3v) is 5.66. The first kappa shape index (κ1) is 16.8. The summed E-state index contributed by atoms with van der Waals surface area (Å²) in [6.45, 7) is 0.449. The number of rotatable bonds is 2. The number of nitrogens with zero attached hydrogens (tertiary/aromatic N) is 1. The first-order valence-electron chi connectivity index (χ1n) is 8.91. The number of nitrogens with one attached hydrogen (secondary N) is 2. The zero-order chi connectivity index (χ0) is 17.6. The predicted molar refractivity (Wildman–Crippen MR) is 88.0 cm³/mol. The van der Waals surface area contributed by atoms with Gasteiger partial charge < -0.3 is 4.90 Å². The fourth-order valence-corrected chi connectivity index (χ4v) is 4.37. The lowest BCUT2D eigenvalue weighted by atomic mass is 9.92. The fourth-order valence-electron chi connectivity index (χ4n) is 4.37. The Labute approximate surface area is 144 Å². The Bertz CT molecular complexity index is 649. The molecule has 136 valence electrons. The summed E-state index contributed by atoms with van der Waals surface area (Å²) in [7, 11) is 0. The lowest BCUT2D eigenvalue weighted by molar-refractivity contribution is -0.137. The number of benzene rings is 1. The number of alkyl halides is 3. The van der Waals surface area contributed by atoms with Gasteiger partial charge >= 0.3 is 6.18 Å². The molecule has 2 aliphatic heterocycles. The minimum atomic E-state index is -4.40. The quantitative estimate of drug-likeness (QED) is 0.859. The molecule has 3 fully saturated rings. The van der Waals surface area contributed by atoms with E-state index >= 15 is 0 Å². The third-order valence-electron chi connectivity index (χ3n) is 5.66. The Morgan fingerprint density at radius 3 is 2.40 bits per heavy atom. The molecule has 3 unspecified atom stereocenters. The number of amides is 1. The highest BCUT2D eigenvalue weighted by Gasteiger charge is 2.43. The maximum Gasteiger partial charge on any atom is 0.416 e. The number of hydrogen-bond donors (Lipinski definition) is 2. The molecule has 4 nitrogen and oxygen atoms in total. The van der Waals surface area contributed by atoms with Gasteiger partial charge in [-0.25, -0.2) is 0 Å². The van der Waals surface area contributed by atoms with Crippen LogP contribution in [0.4, 0.5) is 18.9 Å². The topological polar surface area (TPSA) is 44.4 Å². The van der Waals surface area contributed by atoms with Crippen LogP contribution in [0.1, 0.15) is 37.7 Å². The molecular formula is C18H22F3N3O. The van der Waals surface area contributed by atoms with Crippen molar-refractivity contribution < 1.29 is 18.0 Å². The average Bonchev–Trinajstić information content (AvgIpc) is 3.17. The van der Waals surface area contributed by atoms with Crippen molar-refractivity contribution in [3.63, 3.8) is 0 Å². The summed E-state index contributed by atoms with van der Waals surface area (Å²) < 4.78 is 38.8. The van der Waals surface area contributed by atoms with E-state index in [0.29, 0.717) is 30.7 Å². The third kappa shape index (κ3) is 3.27. The first-order chi connectivity index (χ1) is 11.9. The highest BCUT2D eigenvalue weighted by molar-refractivity contribution is 5.95. The van der Waals surface area contributed by atoms with Crippen molar-refractivity contribution in [1.82, 2.24) is 10.6 Å². The van der Waals surface area contributed by atoms with Crippen molar-refractivity contribution in [3.05, 3.63) is 29.8 Å². The Hall–Kier alpha value is -1.60. The molecule has 7 heteroatoms. The molecule has 25 heavy (non-hydrogen) atoms. The van der Waals surface area contributed by atoms with Crippen LogP contribution in [0.15, 0.2) is 24.3 Å². The molecule has 4 rings (SSSR count). The molecule has 0 radical (unpaired) electrons. The van der Waals surface area contributed by atoms with Crippen LogP contribution in [0.25, 0.3) is 0 Å². The Morgan fingerprint density at radius 1 is 1.08 bits per heavy atom. The molecule has 1 amide bonds. The molecule has 2 saturated heterocycles. The molecule has 0 bridgehead atoms. The van der Waals surface area contributed by atoms with E-state index in [9.17, 15) is 18.0 Å². The summed E-state index contributed by atoms with van der Waals surface area (Å²) >= 11 is 0. The smallest absolute Gasteiger partial charge is 0.312 e. The normalized spacial score (nSPS) is 32.9. The van der Waals surface area contributed by atoms with E-state index in [1.807, 2.05) is 0 Å². The van der Waals surface area contributed by atoms with Gasteiger partial charge in [0.15, 0.2) is 0 Å². The van der Waals surface area contributed by atoms with E-state index in [1.54, 1.807) is 6.07 Å². The summed E-state index contributed by atoms with van der Waals surface area (Å²) in [5.74, 6) is -0.0320. The standard InChI is InChI=1S/C18H22F3N3O/c19-18(20,21)12-4-3-5-13(9-12)24-10-11(8-16(24)25)17-22-14-6-1-2-7-15(14)23-17/h3-5,9,11,14-15,17,22-23H,1-2,6-8,10H2. The van der Waals surface area contributed by atoms with E-state index in [-0.39, 0.29) is 18.0 Å². The van der Waals surface area contributed by atoms with Crippen molar-refractivity contribution >= 4 is 11.6 Å². The Morgan fingerprint density at radius 2 is 1.76 bits per heavy atom.